The summed E-state index contributed by atoms with van der Waals surface area (Å²) in [5, 5.41) is 0. The van der Waals surface area contributed by atoms with Crippen LogP contribution >= 0.6 is 0 Å². The van der Waals surface area contributed by atoms with Crippen LogP contribution in [-0.2, 0) is 10.2 Å². The Labute approximate surface area is 86.0 Å². The maximum absolute atomic E-state index is 11.9. The molecule has 0 saturated carbocycles. The number of hydrogen-bond acceptors (Lipinski definition) is 3. The molecule has 1 saturated heterocycles. The summed E-state index contributed by atoms with van der Waals surface area (Å²) in [4.78, 5) is 0. The van der Waals surface area contributed by atoms with Gasteiger partial charge in [0.15, 0.2) is 0 Å². The molecule has 1 atom stereocenters. The third-order valence-corrected chi connectivity index (χ3v) is 4.60. The second kappa shape index (κ2) is 4.57. The Morgan fingerprint density at radius 2 is 2.07 bits per heavy atom. The molecule has 1 aliphatic rings. The van der Waals surface area contributed by atoms with Gasteiger partial charge in [0.25, 0.3) is 10.2 Å². The lowest BCUT2D eigenvalue weighted by Crippen LogP contribution is -2.51. The minimum absolute atomic E-state index is 0.0175. The Hall–Kier alpha value is -0.170. The van der Waals surface area contributed by atoms with Gasteiger partial charge in [-0.05, 0) is 12.8 Å². The van der Waals surface area contributed by atoms with Crippen LogP contribution < -0.4 is 5.73 Å². The molecule has 1 heterocycles. The van der Waals surface area contributed by atoms with Gasteiger partial charge in [0.05, 0.1) is 0 Å². The first-order valence-electron chi connectivity index (χ1n) is 4.89. The number of nitrogens with two attached hydrogens (primary N) is 1. The molecular formula is C8H19N3O2S. The van der Waals surface area contributed by atoms with Crippen molar-refractivity contribution in [2.75, 3.05) is 27.2 Å². The summed E-state index contributed by atoms with van der Waals surface area (Å²) in [5.41, 5.74) is 5.57. The van der Waals surface area contributed by atoms with Crippen molar-refractivity contribution in [2.45, 2.75) is 25.3 Å². The van der Waals surface area contributed by atoms with Crippen molar-refractivity contribution in [1.82, 2.24) is 8.61 Å². The molecule has 14 heavy (non-hydrogen) atoms. The molecule has 6 heteroatoms. The van der Waals surface area contributed by atoms with Gasteiger partial charge in [-0.15, -0.1) is 0 Å². The van der Waals surface area contributed by atoms with Gasteiger partial charge in [0.2, 0.25) is 0 Å². The third-order valence-electron chi connectivity index (χ3n) is 2.60. The standard InChI is InChI=1S/C8H19N3O2S/c1-10(2)14(12,13)11-6-4-3-5-8(11)7-9/h8H,3-7,9H2,1-2H3/t8-/m1/s1. The maximum Gasteiger partial charge on any atom is 0.281 e. The van der Waals surface area contributed by atoms with Crippen LogP contribution in [0.2, 0.25) is 0 Å². The van der Waals surface area contributed by atoms with Gasteiger partial charge in [-0.1, -0.05) is 6.42 Å². The van der Waals surface area contributed by atoms with E-state index in [-0.39, 0.29) is 6.04 Å². The lowest BCUT2D eigenvalue weighted by Gasteiger charge is -2.35. The number of hydrogen-bond donors (Lipinski definition) is 1. The average molecular weight is 221 g/mol. The molecule has 1 aliphatic heterocycles. The Bertz CT molecular complexity index is 276. The summed E-state index contributed by atoms with van der Waals surface area (Å²) >= 11 is 0. The molecule has 84 valence electrons. The smallest absolute Gasteiger partial charge is 0.281 e. The van der Waals surface area contributed by atoms with Crippen LogP contribution in [0.5, 0.6) is 0 Å². The largest absolute Gasteiger partial charge is 0.329 e. The zero-order valence-corrected chi connectivity index (χ0v) is 9.63. The van der Waals surface area contributed by atoms with E-state index in [0.29, 0.717) is 13.1 Å². The molecule has 1 rings (SSSR count). The van der Waals surface area contributed by atoms with Gasteiger partial charge < -0.3 is 5.73 Å². The van der Waals surface area contributed by atoms with Crippen molar-refractivity contribution in [1.29, 1.82) is 0 Å². The molecule has 0 aliphatic carbocycles. The van der Waals surface area contributed by atoms with Crippen molar-refractivity contribution in [2.24, 2.45) is 5.73 Å². The summed E-state index contributed by atoms with van der Waals surface area (Å²) < 4.78 is 26.5. The van der Waals surface area contributed by atoms with E-state index in [2.05, 4.69) is 0 Å². The fourth-order valence-corrected chi connectivity index (χ4v) is 3.07. The summed E-state index contributed by atoms with van der Waals surface area (Å²) in [7, 11) is -0.168. The van der Waals surface area contributed by atoms with E-state index < -0.39 is 10.2 Å². The van der Waals surface area contributed by atoms with Crippen molar-refractivity contribution < 1.29 is 8.42 Å². The van der Waals surface area contributed by atoms with Crippen LogP contribution in [0.15, 0.2) is 0 Å². The Morgan fingerprint density at radius 3 is 2.57 bits per heavy atom. The fraction of sp³-hybridized carbons (Fsp3) is 1.00. The SMILES string of the molecule is CN(C)S(=O)(=O)N1CCCC[C@@H]1CN. The Balaban J connectivity index is 2.83. The summed E-state index contributed by atoms with van der Waals surface area (Å²) in [6.45, 7) is 1.01. The molecule has 0 radical (unpaired) electrons. The van der Waals surface area contributed by atoms with Crippen LogP contribution in [0.25, 0.3) is 0 Å². The molecule has 0 aromatic rings. The first-order valence-corrected chi connectivity index (χ1v) is 6.29. The summed E-state index contributed by atoms with van der Waals surface area (Å²) in [6.07, 6.45) is 2.88. The average Bonchev–Trinajstić information content (AvgIpc) is 2.17. The number of piperidine rings is 1. The molecule has 1 fully saturated rings. The van der Waals surface area contributed by atoms with Gasteiger partial charge in [-0.3, -0.25) is 0 Å². The zero-order valence-electron chi connectivity index (χ0n) is 8.81. The summed E-state index contributed by atoms with van der Waals surface area (Å²) in [6, 6.07) is -0.0175. The number of rotatable bonds is 3. The van der Waals surface area contributed by atoms with Crippen LogP contribution in [0.4, 0.5) is 0 Å². The predicted octanol–water partition coefficient (Wildman–Crippen LogP) is -0.394. The van der Waals surface area contributed by atoms with Crippen LogP contribution in [0.1, 0.15) is 19.3 Å². The van der Waals surface area contributed by atoms with Gasteiger partial charge in [0, 0.05) is 33.2 Å². The lowest BCUT2D eigenvalue weighted by molar-refractivity contribution is 0.244. The van der Waals surface area contributed by atoms with Crippen LogP contribution in [-0.4, -0.2) is 50.3 Å². The van der Waals surface area contributed by atoms with E-state index >= 15 is 0 Å². The van der Waals surface area contributed by atoms with E-state index in [9.17, 15) is 8.42 Å². The van der Waals surface area contributed by atoms with E-state index in [1.165, 1.54) is 8.61 Å². The highest BCUT2D eigenvalue weighted by molar-refractivity contribution is 7.86. The molecule has 0 amide bonds. The van der Waals surface area contributed by atoms with Crippen LogP contribution in [0, 0.1) is 0 Å². The molecule has 0 aromatic heterocycles. The predicted molar refractivity (Wildman–Crippen MR) is 56.0 cm³/mol. The Kier molecular flexibility index (Phi) is 3.88. The second-order valence-electron chi connectivity index (χ2n) is 3.79. The fourth-order valence-electron chi connectivity index (χ4n) is 1.72. The van der Waals surface area contributed by atoms with Crippen molar-refractivity contribution in [3.8, 4) is 0 Å². The van der Waals surface area contributed by atoms with Crippen LogP contribution in [0.3, 0.4) is 0 Å². The first kappa shape index (κ1) is 11.9. The molecule has 0 bridgehead atoms. The highest BCUT2D eigenvalue weighted by Crippen LogP contribution is 2.20. The van der Waals surface area contributed by atoms with Gasteiger partial charge in [-0.2, -0.15) is 17.0 Å². The topological polar surface area (TPSA) is 66.6 Å². The highest BCUT2D eigenvalue weighted by Gasteiger charge is 2.32. The third kappa shape index (κ3) is 2.25. The summed E-state index contributed by atoms with van der Waals surface area (Å²) in [5.74, 6) is 0. The highest BCUT2D eigenvalue weighted by atomic mass is 32.2. The zero-order chi connectivity index (χ0) is 10.8. The molecular weight excluding hydrogens is 202 g/mol. The van der Waals surface area contributed by atoms with Gasteiger partial charge in [0.1, 0.15) is 0 Å². The quantitative estimate of drug-likeness (QED) is 0.705. The van der Waals surface area contributed by atoms with E-state index in [1.807, 2.05) is 0 Å². The van der Waals surface area contributed by atoms with E-state index in [4.69, 9.17) is 5.73 Å². The second-order valence-corrected chi connectivity index (χ2v) is 5.88. The van der Waals surface area contributed by atoms with E-state index in [1.54, 1.807) is 14.1 Å². The minimum atomic E-state index is -3.27. The maximum atomic E-state index is 11.9. The van der Waals surface area contributed by atoms with Crippen molar-refractivity contribution in [3.05, 3.63) is 0 Å². The van der Waals surface area contributed by atoms with E-state index in [0.717, 1.165) is 19.3 Å². The molecule has 0 unspecified atom stereocenters. The van der Waals surface area contributed by atoms with Crippen molar-refractivity contribution >= 4 is 10.2 Å². The molecule has 0 spiro atoms. The monoisotopic (exact) mass is 221 g/mol. The van der Waals surface area contributed by atoms with Gasteiger partial charge >= 0.3 is 0 Å². The molecule has 2 N–H and O–H groups in total. The molecule has 5 nitrogen and oxygen atoms in total. The first-order chi connectivity index (χ1) is 6.50. The normalized spacial score (nSPS) is 25.6. The number of nitrogens with zero attached hydrogens (tertiary/aromatic N) is 2. The molecule has 0 aromatic carbocycles. The Morgan fingerprint density at radius 1 is 1.43 bits per heavy atom. The minimum Gasteiger partial charge on any atom is -0.329 e. The van der Waals surface area contributed by atoms with Crippen molar-refractivity contribution in [3.63, 3.8) is 0 Å². The lowest BCUT2D eigenvalue weighted by atomic mass is 10.1. The van der Waals surface area contributed by atoms with Gasteiger partial charge in [-0.25, -0.2) is 0 Å².